The maximum atomic E-state index is 12.9. The second kappa shape index (κ2) is 9.65. The molecular formula is C19H30N4O4S2. The number of likely N-dealkylation sites (N-methyl/N-ethyl adjacent to an activating group) is 1. The van der Waals surface area contributed by atoms with E-state index in [2.05, 4.69) is 4.90 Å². The molecule has 0 N–H and O–H groups in total. The van der Waals surface area contributed by atoms with Crippen molar-refractivity contribution in [1.29, 1.82) is 0 Å². The largest absolute Gasteiger partial charge is 0.497 e. The fourth-order valence-electron chi connectivity index (χ4n) is 3.49. The number of nitrogens with zero attached hydrogens (tertiary/aromatic N) is 4. The zero-order chi connectivity index (χ0) is 21.0. The van der Waals surface area contributed by atoms with Crippen LogP contribution in [0, 0.1) is 0 Å². The molecule has 29 heavy (non-hydrogen) atoms. The number of rotatable bonds is 6. The summed E-state index contributed by atoms with van der Waals surface area (Å²) < 4.78 is 34.0. The summed E-state index contributed by atoms with van der Waals surface area (Å²) in [4.78, 5) is 17.7. The molecule has 1 aromatic rings. The second-order valence-corrected chi connectivity index (χ2v) is 10.7. The van der Waals surface area contributed by atoms with E-state index in [0.29, 0.717) is 39.3 Å². The third-order valence-corrected chi connectivity index (χ3v) is 8.52. The van der Waals surface area contributed by atoms with Crippen molar-refractivity contribution < 1.29 is 17.9 Å². The average molecular weight is 443 g/mol. The Bertz CT molecular complexity index is 787. The Kier molecular flexibility index (Phi) is 7.44. The van der Waals surface area contributed by atoms with E-state index < -0.39 is 10.2 Å². The number of thioether (sulfide) groups is 1. The third kappa shape index (κ3) is 5.43. The number of carbonyl (C=O) groups is 1. The molecule has 2 fully saturated rings. The number of hydrogen-bond donors (Lipinski definition) is 0. The number of amides is 1. The minimum atomic E-state index is -3.45. The van der Waals surface area contributed by atoms with Gasteiger partial charge in [0.05, 0.1) is 12.4 Å². The van der Waals surface area contributed by atoms with E-state index in [-0.39, 0.29) is 11.2 Å². The monoisotopic (exact) mass is 442 g/mol. The predicted molar refractivity (Wildman–Crippen MR) is 114 cm³/mol. The quantitative estimate of drug-likeness (QED) is 0.607. The van der Waals surface area contributed by atoms with Gasteiger partial charge in [0, 0.05) is 57.3 Å². The lowest BCUT2D eigenvalue weighted by atomic mass is 10.3. The molecule has 2 aliphatic rings. The van der Waals surface area contributed by atoms with Crippen molar-refractivity contribution in [2.75, 3.05) is 66.5 Å². The van der Waals surface area contributed by atoms with Crippen LogP contribution in [0.1, 0.15) is 6.92 Å². The Labute approximate surface area is 177 Å². The van der Waals surface area contributed by atoms with Crippen LogP contribution in [0.15, 0.2) is 29.2 Å². The number of carbonyl (C=O) groups excluding carboxylic acids is 1. The fraction of sp³-hybridized carbons (Fsp3) is 0.632. The molecule has 2 saturated heterocycles. The van der Waals surface area contributed by atoms with Crippen LogP contribution in [0.4, 0.5) is 0 Å². The van der Waals surface area contributed by atoms with Gasteiger partial charge in [-0.1, -0.05) is 0 Å². The molecule has 0 spiro atoms. The average Bonchev–Trinajstić information content (AvgIpc) is 2.74. The Hall–Kier alpha value is -1.33. The van der Waals surface area contributed by atoms with E-state index in [9.17, 15) is 13.2 Å². The molecule has 8 nitrogen and oxygen atoms in total. The van der Waals surface area contributed by atoms with Gasteiger partial charge >= 0.3 is 0 Å². The van der Waals surface area contributed by atoms with Crippen LogP contribution < -0.4 is 4.74 Å². The van der Waals surface area contributed by atoms with Crippen LogP contribution >= 0.6 is 11.8 Å². The summed E-state index contributed by atoms with van der Waals surface area (Å²) in [6.07, 6.45) is 0. The van der Waals surface area contributed by atoms with Crippen molar-refractivity contribution in [1.82, 2.24) is 18.4 Å². The molecule has 0 radical (unpaired) electrons. The first-order valence-corrected chi connectivity index (χ1v) is 12.1. The molecule has 0 aromatic heterocycles. The topological polar surface area (TPSA) is 73.4 Å². The Morgan fingerprint density at radius 3 is 2.00 bits per heavy atom. The smallest absolute Gasteiger partial charge is 0.282 e. The van der Waals surface area contributed by atoms with E-state index in [0.717, 1.165) is 23.7 Å². The predicted octanol–water partition coefficient (Wildman–Crippen LogP) is 0.812. The van der Waals surface area contributed by atoms with Gasteiger partial charge in [-0.15, -0.1) is 11.8 Å². The van der Waals surface area contributed by atoms with E-state index in [1.54, 1.807) is 16.3 Å². The van der Waals surface area contributed by atoms with Gasteiger partial charge in [0.15, 0.2) is 0 Å². The molecule has 1 atom stereocenters. The molecule has 0 aliphatic carbocycles. The number of methoxy groups -OCH3 is 1. The first kappa shape index (κ1) is 22.4. The summed E-state index contributed by atoms with van der Waals surface area (Å²) >= 11 is 1.50. The lowest BCUT2D eigenvalue weighted by Gasteiger charge is -2.39. The first-order chi connectivity index (χ1) is 13.8. The Balaban J connectivity index is 1.51. The molecular weight excluding hydrogens is 412 g/mol. The number of benzene rings is 1. The van der Waals surface area contributed by atoms with Crippen LogP contribution in [0.25, 0.3) is 0 Å². The van der Waals surface area contributed by atoms with Crippen LogP contribution in [0.5, 0.6) is 5.75 Å². The van der Waals surface area contributed by atoms with Crippen molar-refractivity contribution >= 4 is 27.9 Å². The summed E-state index contributed by atoms with van der Waals surface area (Å²) in [6.45, 7) is 5.99. The van der Waals surface area contributed by atoms with Gasteiger partial charge in [-0.3, -0.25) is 4.79 Å². The Morgan fingerprint density at radius 2 is 1.48 bits per heavy atom. The molecule has 162 valence electrons. The van der Waals surface area contributed by atoms with Gasteiger partial charge < -0.3 is 14.5 Å². The number of hydrogen-bond acceptors (Lipinski definition) is 6. The van der Waals surface area contributed by atoms with Gasteiger partial charge in [-0.2, -0.15) is 17.0 Å². The van der Waals surface area contributed by atoms with Crippen LogP contribution in [-0.4, -0.2) is 105 Å². The normalized spacial score (nSPS) is 21.1. The number of piperazine rings is 2. The lowest BCUT2D eigenvalue weighted by molar-refractivity contribution is -0.131. The first-order valence-electron chi connectivity index (χ1n) is 9.84. The molecule has 0 bridgehead atoms. The van der Waals surface area contributed by atoms with Crippen molar-refractivity contribution in [3.8, 4) is 5.75 Å². The summed E-state index contributed by atoms with van der Waals surface area (Å²) in [7, 11) is 0.174. The summed E-state index contributed by atoms with van der Waals surface area (Å²) in [5.41, 5.74) is 0. The summed E-state index contributed by atoms with van der Waals surface area (Å²) in [5.74, 6) is 0.827. The highest BCUT2D eigenvalue weighted by Gasteiger charge is 2.35. The van der Waals surface area contributed by atoms with Crippen molar-refractivity contribution in [3.63, 3.8) is 0 Å². The highest BCUT2D eigenvalue weighted by molar-refractivity contribution is 8.00. The molecule has 1 aromatic carbocycles. The van der Waals surface area contributed by atoms with Gasteiger partial charge in [0.2, 0.25) is 5.91 Å². The maximum Gasteiger partial charge on any atom is 0.282 e. The van der Waals surface area contributed by atoms with Crippen LogP contribution in [0.3, 0.4) is 0 Å². The number of ether oxygens (including phenoxy) is 1. The Morgan fingerprint density at radius 1 is 0.966 bits per heavy atom. The zero-order valence-electron chi connectivity index (χ0n) is 17.3. The van der Waals surface area contributed by atoms with Gasteiger partial charge in [0.1, 0.15) is 5.75 Å². The van der Waals surface area contributed by atoms with E-state index in [4.69, 9.17) is 4.74 Å². The standard InChI is InChI=1S/C19H30N4O4S2/c1-16(28-18-6-4-17(27-3)5-7-18)19(24)21-10-14-23(15-11-21)29(25,26)22-12-8-20(2)9-13-22/h4-7,16H,8-15H2,1-3H3. The second-order valence-electron chi connectivity index (χ2n) is 7.37. The summed E-state index contributed by atoms with van der Waals surface area (Å²) in [5, 5.41) is -0.232. The van der Waals surface area contributed by atoms with E-state index in [1.807, 2.05) is 38.2 Å². The van der Waals surface area contributed by atoms with Crippen LogP contribution in [-0.2, 0) is 15.0 Å². The molecule has 10 heteroatoms. The van der Waals surface area contributed by atoms with E-state index in [1.165, 1.54) is 16.1 Å². The molecule has 3 rings (SSSR count). The molecule has 1 unspecified atom stereocenters. The third-order valence-electron chi connectivity index (χ3n) is 5.39. The molecule has 2 aliphatic heterocycles. The SMILES string of the molecule is COc1ccc(SC(C)C(=O)N2CCN(S(=O)(=O)N3CCN(C)CC3)CC2)cc1. The van der Waals surface area contributed by atoms with Crippen LogP contribution in [0.2, 0.25) is 0 Å². The molecule has 1 amide bonds. The fourth-order valence-corrected chi connectivity index (χ4v) is 6.01. The van der Waals surface area contributed by atoms with E-state index >= 15 is 0 Å². The van der Waals surface area contributed by atoms with Crippen molar-refractivity contribution in [3.05, 3.63) is 24.3 Å². The zero-order valence-corrected chi connectivity index (χ0v) is 18.9. The van der Waals surface area contributed by atoms with Crippen molar-refractivity contribution in [2.45, 2.75) is 17.1 Å². The minimum Gasteiger partial charge on any atom is -0.497 e. The molecule has 2 heterocycles. The molecule has 0 saturated carbocycles. The minimum absolute atomic E-state index is 0.0439. The highest BCUT2D eigenvalue weighted by atomic mass is 32.2. The summed E-state index contributed by atoms with van der Waals surface area (Å²) in [6, 6.07) is 7.63. The van der Waals surface area contributed by atoms with Gasteiger partial charge in [-0.05, 0) is 38.2 Å². The van der Waals surface area contributed by atoms with Gasteiger partial charge in [-0.25, -0.2) is 0 Å². The van der Waals surface area contributed by atoms with Crippen molar-refractivity contribution in [2.24, 2.45) is 0 Å². The lowest BCUT2D eigenvalue weighted by Crippen LogP contribution is -2.57. The highest BCUT2D eigenvalue weighted by Crippen LogP contribution is 2.27. The maximum absolute atomic E-state index is 12.9. The van der Waals surface area contributed by atoms with Gasteiger partial charge in [0.25, 0.3) is 10.2 Å².